The van der Waals surface area contributed by atoms with Crippen LogP contribution in [0.2, 0.25) is 0 Å². The molecule has 0 fully saturated rings. The normalized spacial score (nSPS) is 11.9. The number of rotatable bonds is 8. The second-order valence-electron chi connectivity index (χ2n) is 8.15. The quantitative estimate of drug-likeness (QED) is 0.316. The minimum Gasteiger partial charge on any atom is -0.483 e. The van der Waals surface area contributed by atoms with Crippen molar-refractivity contribution < 1.29 is 9.53 Å². The summed E-state index contributed by atoms with van der Waals surface area (Å²) in [5.74, 6) is 1.55. The molecule has 1 N–H and O–H groups in total. The maximum Gasteiger partial charge on any atom is 0.236 e. The van der Waals surface area contributed by atoms with E-state index < -0.39 is 0 Å². The van der Waals surface area contributed by atoms with Crippen LogP contribution in [0, 0.1) is 20.8 Å². The van der Waals surface area contributed by atoms with Gasteiger partial charge >= 0.3 is 0 Å². The van der Waals surface area contributed by atoms with E-state index in [0.717, 1.165) is 22.6 Å². The first-order valence-corrected chi connectivity index (χ1v) is 12.7. The fraction of sp³-hybridized carbons (Fsp3) is 0.280. The predicted molar refractivity (Wildman–Crippen MR) is 138 cm³/mol. The lowest BCUT2D eigenvalue weighted by molar-refractivity contribution is -0.113. The van der Waals surface area contributed by atoms with Gasteiger partial charge in [-0.2, -0.15) is 0 Å². The average Bonchev–Trinajstić information content (AvgIpc) is 3.41. The number of carbonyl (C=O) groups is 1. The van der Waals surface area contributed by atoms with Crippen LogP contribution in [0.1, 0.15) is 35.5 Å². The molecule has 2 aromatic heterocycles. The zero-order chi connectivity index (χ0) is 24.2. The maximum atomic E-state index is 12.5. The minimum atomic E-state index is -0.276. The van der Waals surface area contributed by atoms with Gasteiger partial charge in [0.05, 0.1) is 11.4 Å². The number of anilines is 1. The molecule has 176 valence electrons. The van der Waals surface area contributed by atoms with E-state index in [0.29, 0.717) is 16.1 Å². The number of nitrogens with zero attached hydrogens (tertiary/aromatic N) is 4. The molecule has 1 amide bonds. The third-order valence-corrected chi connectivity index (χ3v) is 7.20. The minimum absolute atomic E-state index is 0.139. The topological polar surface area (TPSA) is 81.9 Å². The molecule has 1 unspecified atom stereocenters. The van der Waals surface area contributed by atoms with Gasteiger partial charge in [-0.15, -0.1) is 21.5 Å². The van der Waals surface area contributed by atoms with Crippen molar-refractivity contribution in [1.82, 2.24) is 19.7 Å². The van der Waals surface area contributed by atoms with Gasteiger partial charge in [-0.3, -0.25) is 4.79 Å². The summed E-state index contributed by atoms with van der Waals surface area (Å²) in [7, 11) is 1.88. The number of aryl methyl sites for hydroxylation is 3. The molecule has 0 spiro atoms. The molecule has 0 radical (unpaired) electrons. The van der Waals surface area contributed by atoms with Gasteiger partial charge in [0.15, 0.2) is 22.2 Å². The van der Waals surface area contributed by atoms with Crippen molar-refractivity contribution in [2.24, 2.45) is 7.05 Å². The zero-order valence-electron chi connectivity index (χ0n) is 19.8. The summed E-state index contributed by atoms with van der Waals surface area (Å²) in [5, 5.41) is 14.6. The van der Waals surface area contributed by atoms with Crippen molar-refractivity contribution in [2.45, 2.75) is 39.0 Å². The molecule has 4 rings (SSSR count). The first-order valence-electron chi connectivity index (χ1n) is 10.9. The first kappa shape index (κ1) is 24.0. The van der Waals surface area contributed by atoms with Crippen molar-refractivity contribution in [3.63, 3.8) is 0 Å². The van der Waals surface area contributed by atoms with Crippen molar-refractivity contribution in [3.05, 3.63) is 70.4 Å². The Kier molecular flexibility index (Phi) is 7.33. The highest BCUT2D eigenvalue weighted by Gasteiger charge is 2.18. The number of hydrogen-bond donors (Lipinski definition) is 1. The number of ether oxygens (including phenoxy) is 1. The first-order chi connectivity index (χ1) is 16.3. The number of thiazole rings is 1. The van der Waals surface area contributed by atoms with Crippen molar-refractivity contribution in [3.8, 4) is 17.0 Å². The Morgan fingerprint density at radius 3 is 2.74 bits per heavy atom. The van der Waals surface area contributed by atoms with Crippen LogP contribution in [0.15, 0.2) is 53.0 Å². The second-order valence-corrected chi connectivity index (χ2v) is 9.95. The van der Waals surface area contributed by atoms with Crippen LogP contribution in [0.25, 0.3) is 11.3 Å². The smallest absolute Gasteiger partial charge is 0.236 e. The molecule has 0 saturated carbocycles. The molecule has 0 bridgehead atoms. The highest BCUT2D eigenvalue weighted by atomic mass is 32.2. The van der Waals surface area contributed by atoms with E-state index in [1.165, 1.54) is 34.2 Å². The van der Waals surface area contributed by atoms with E-state index in [4.69, 9.17) is 4.74 Å². The summed E-state index contributed by atoms with van der Waals surface area (Å²) < 4.78 is 7.87. The van der Waals surface area contributed by atoms with Gasteiger partial charge in [-0.25, -0.2) is 4.98 Å². The fourth-order valence-corrected chi connectivity index (χ4v) is 4.86. The summed E-state index contributed by atoms with van der Waals surface area (Å²) in [6.07, 6.45) is -0.276. The van der Waals surface area contributed by atoms with Crippen molar-refractivity contribution in [1.29, 1.82) is 0 Å². The zero-order valence-corrected chi connectivity index (χ0v) is 21.5. The van der Waals surface area contributed by atoms with Gasteiger partial charge in [-0.05, 0) is 62.6 Å². The van der Waals surface area contributed by atoms with E-state index in [9.17, 15) is 4.79 Å². The Bertz CT molecular complexity index is 1310. The highest BCUT2D eigenvalue weighted by molar-refractivity contribution is 7.99. The third-order valence-electron chi connectivity index (χ3n) is 5.42. The summed E-state index contributed by atoms with van der Waals surface area (Å²) in [5.41, 5.74) is 5.49. The van der Waals surface area contributed by atoms with Crippen LogP contribution < -0.4 is 10.1 Å². The predicted octanol–water partition coefficient (Wildman–Crippen LogP) is 5.73. The lowest BCUT2D eigenvalue weighted by Gasteiger charge is -2.14. The van der Waals surface area contributed by atoms with Crippen LogP contribution in [-0.4, -0.2) is 31.4 Å². The summed E-state index contributed by atoms with van der Waals surface area (Å²) in [4.78, 5) is 17.1. The van der Waals surface area contributed by atoms with Crippen LogP contribution in [0.3, 0.4) is 0 Å². The van der Waals surface area contributed by atoms with E-state index >= 15 is 0 Å². The highest BCUT2D eigenvalue weighted by Crippen LogP contribution is 2.27. The Hall–Kier alpha value is -3.17. The second kappa shape index (κ2) is 10.4. The van der Waals surface area contributed by atoms with Gasteiger partial charge in [0.25, 0.3) is 0 Å². The molecule has 0 aliphatic carbocycles. The van der Waals surface area contributed by atoms with Gasteiger partial charge in [0, 0.05) is 18.0 Å². The lowest BCUT2D eigenvalue weighted by Crippen LogP contribution is -2.14. The Balaban J connectivity index is 1.33. The summed E-state index contributed by atoms with van der Waals surface area (Å²) >= 11 is 2.74. The number of aromatic nitrogens is 4. The number of benzene rings is 2. The van der Waals surface area contributed by atoms with Gasteiger partial charge < -0.3 is 14.6 Å². The fourth-order valence-electron chi connectivity index (χ4n) is 3.40. The molecule has 0 aliphatic heterocycles. The van der Waals surface area contributed by atoms with E-state index in [1.807, 2.05) is 61.2 Å². The number of amides is 1. The summed E-state index contributed by atoms with van der Waals surface area (Å²) in [6.45, 7) is 8.12. The Morgan fingerprint density at radius 2 is 1.97 bits per heavy atom. The van der Waals surface area contributed by atoms with Gasteiger partial charge in [0.2, 0.25) is 5.91 Å². The molecule has 9 heteroatoms. The van der Waals surface area contributed by atoms with Crippen LogP contribution in [0.5, 0.6) is 5.75 Å². The molecule has 34 heavy (non-hydrogen) atoms. The molecule has 0 aliphatic rings. The van der Waals surface area contributed by atoms with Crippen LogP contribution >= 0.6 is 23.1 Å². The number of hydrogen-bond acceptors (Lipinski definition) is 7. The van der Waals surface area contributed by atoms with E-state index in [1.54, 1.807) is 0 Å². The average molecular weight is 494 g/mol. The van der Waals surface area contributed by atoms with E-state index in [-0.39, 0.29) is 17.8 Å². The molecular weight excluding hydrogens is 466 g/mol. The van der Waals surface area contributed by atoms with Crippen LogP contribution in [0.4, 0.5) is 5.13 Å². The number of thioether (sulfide) groups is 1. The van der Waals surface area contributed by atoms with Gasteiger partial charge in [-0.1, -0.05) is 36.0 Å². The Morgan fingerprint density at radius 1 is 1.15 bits per heavy atom. The number of carbonyl (C=O) groups excluding carboxylic acids is 1. The molecule has 2 heterocycles. The molecule has 2 aromatic carbocycles. The lowest BCUT2D eigenvalue weighted by atomic mass is 10.1. The Labute approximate surface area is 207 Å². The largest absolute Gasteiger partial charge is 0.483 e. The third kappa shape index (κ3) is 5.66. The monoisotopic (exact) mass is 493 g/mol. The van der Waals surface area contributed by atoms with Crippen LogP contribution in [-0.2, 0) is 11.8 Å². The molecule has 1 atom stereocenters. The SMILES string of the molecule is Cc1cccc(OC(C)c2nnc(SCC(=O)Nc3nc(-c4ccc(C)c(C)c4)cs3)n2C)c1. The standard InChI is InChI=1S/C25H27N5O2S2/c1-15-7-6-8-20(11-15)32-18(4)23-28-29-25(30(23)5)34-14-22(31)27-24-26-21(13-33-24)19-10-9-16(2)17(3)12-19/h6-13,18H,14H2,1-5H3,(H,26,27,31). The molecule has 7 nitrogen and oxygen atoms in total. The number of nitrogens with one attached hydrogen (secondary N) is 1. The van der Waals surface area contributed by atoms with Crippen molar-refractivity contribution in [2.75, 3.05) is 11.1 Å². The van der Waals surface area contributed by atoms with Gasteiger partial charge in [0.1, 0.15) is 5.75 Å². The van der Waals surface area contributed by atoms with E-state index in [2.05, 4.69) is 46.5 Å². The maximum absolute atomic E-state index is 12.5. The molecular formula is C25H27N5O2S2. The van der Waals surface area contributed by atoms with Crippen molar-refractivity contribution >= 4 is 34.1 Å². The summed E-state index contributed by atoms with van der Waals surface area (Å²) in [6, 6.07) is 14.1. The molecule has 4 aromatic rings. The molecule has 0 saturated heterocycles.